The Morgan fingerprint density at radius 1 is 1.16 bits per heavy atom. The molecule has 4 N–H and O–H groups in total. The Labute approximate surface area is 250 Å². The number of rotatable bonds is 8. The van der Waals surface area contributed by atoms with Crippen LogP contribution in [0.3, 0.4) is 0 Å². The number of likely N-dealkylation sites (N-methyl/N-ethyl adjacent to an activating group) is 1. The van der Waals surface area contributed by atoms with Gasteiger partial charge in [-0.25, -0.2) is 9.59 Å². The van der Waals surface area contributed by atoms with E-state index in [-0.39, 0.29) is 48.5 Å². The van der Waals surface area contributed by atoms with E-state index in [0.29, 0.717) is 28.6 Å². The van der Waals surface area contributed by atoms with Crippen LogP contribution in [-0.2, 0) is 0 Å². The zero-order chi connectivity index (χ0) is 31.3. The Balaban J connectivity index is 1.61. The van der Waals surface area contributed by atoms with E-state index < -0.39 is 24.2 Å². The van der Waals surface area contributed by atoms with Gasteiger partial charge in [0.1, 0.15) is 23.2 Å². The lowest BCUT2D eigenvalue weighted by Gasteiger charge is -2.38. The van der Waals surface area contributed by atoms with Crippen molar-refractivity contribution in [2.45, 2.75) is 39.8 Å². The summed E-state index contributed by atoms with van der Waals surface area (Å²) in [6.07, 6.45) is -0.590. The van der Waals surface area contributed by atoms with Gasteiger partial charge in [-0.3, -0.25) is 4.79 Å². The number of hydrogen-bond acceptors (Lipinski definition) is 8. The highest BCUT2D eigenvalue weighted by Gasteiger charge is 2.35. The summed E-state index contributed by atoms with van der Waals surface area (Å²) >= 11 is 0. The van der Waals surface area contributed by atoms with Crippen LogP contribution in [-0.4, -0.2) is 84.0 Å². The predicted molar refractivity (Wildman–Crippen MR) is 161 cm³/mol. The lowest BCUT2D eigenvalue weighted by molar-refractivity contribution is 0.0373. The first-order valence-electron chi connectivity index (χ1n) is 13.9. The zero-order valence-corrected chi connectivity index (χ0v) is 25.1. The number of carbonyl (C=O) groups excluding carboxylic acids is 3. The van der Waals surface area contributed by atoms with Crippen LogP contribution in [0, 0.1) is 19.8 Å². The first-order valence-corrected chi connectivity index (χ1v) is 13.9. The molecule has 0 saturated heterocycles. The second-order valence-electron chi connectivity index (χ2n) is 10.6. The molecule has 13 nitrogen and oxygen atoms in total. The minimum atomic E-state index is -0.590. The summed E-state index contributed by atoms with van der Waals surface area (Å²) in [5.74, 6) is 0.699. The SMILES string of the molecule is COc1ccc(NC(=O)Nc2cccc3c2O[C@@H](CN(C)C(=O)Nc2c(C)noc2C)[C@@H](C)CN([C@@H](C)CO)C3=O)cc1. The smallest absolute Gasteiger partial charge is 0.323 e. The summed E-state index contributed by atoms with van der Waals surface area (Å²) in [7, 11) is 3.19. The van der Waals surface area contributed by atoms with Crippen molar-refractivity contribution in [1.82, 2.24) is 15.0 Å². The van der Waals surface area contributed by atoms with E-state index in [1.165, 1.54) is 4.90 Å². The van der Waals surface area contributed by atoms with E-state index >= 15 is 0 Å². The number of aryl methyl sites for hydroxylation is 2. The fourth-order valence-electron chi connectivity index (χ4n) is 4.74. The van der Waals surface area contributed by atoms with Gasteiger partial charge in [-0.1, -0.05) is 18.1 Å². The van der Waals surface area contributed by atoms with Crippen molar-refractivity contribution in [1.29, 1.82) is 0 Å². The number of amides is 5. The number of aliphatic hydroxyl groups excluding tert-OH is 1. The van der Waals surface area contributed by atoms with Crippen molar-refractivity contribution in [3.05, 3.63) is 59.5 Å². The fourth-order valence-corrected chi connectivity index (χ4v) is 4.74. The number of aliphatic hydroxyl groups is 1. The minimum absolute atomic E-state index is 0.151. The van der Waals surface area contributed by atoms with Crippen LogP contribution < -0.4 is 25.4 Å². The van der Waals surface area contributed by atoms with Crippen molar-refractivity contribution in [2.24, 2.45) is 5.92 Å². The predicted octanol–water partition coefficient (Wildman–Crippen LogP) is 4.33. The second kappa shape index (κ2) is 13.5. The third-order valence-corrected chi connectivity index (χ3v) is 7.35. The molecule has 43 heavy (non-hydrogen) atoms. The first kappa shape index (κ1) is 31.2. The van der Waals surface area contributed by atoms with Crippen LogP contribution in [0.1, 0.15) is 35.7 Å². The number of methoxy groups -OCH3 is 1. The van der Waals surface area contributed by atoms with E-state index in [1.807, 2.05) is 6.92 Å². The quantitative estimate of drug-likeness (QED) is 0.300. The Morgan fingerprint density at radius 3 is 2.51 bits per heavy atom. The highest BCUT2D eigenvalue weighted by Crippen LogP contribution is 2.35. The number of nitrogens with one attached hydrogen (secondary N) is 3. The summed E-state index contributed by atoms with van der Waals surface area (Å²) in [6, 6.07) is 10.3. The maximum absolute atomic E-state index is 13.7. The van der Waals surface area contributed by atoms with E-state index in [9.17, 15) is 19.5 Å². The summed E-state index contributed by atoms with van der Waals surface area (Å²) in [5.41, 5.74) is 2.09. The van der Waals surface area contributed by atoms with E-state index in [4.69, 9.17) is 14.0 Å². The Kier molecular flexibility index (Phi) is 9.76. The van der Waals surface area contributed by atoms with Crippen LogP contribution in [0.2, 0.25) is 0 Å². The summed E-state index contributed by atoms with van der Waals surface area (Å²) < 4.78 is 16.8. The molecule has 13 heteroatoms. The maximum atomic E-state index is 13.7. The molecule has 0 radical (unpaired) electrons. The van der Waals surface area contributed by atoms with E-state index in [1.54, 1.807) is 82.3 Å². The Hall–Kier alpha value is -4.78. The van der Waals surface area contributed by atoms with E-state index in [0.717, 1.165) is 0 Å². The molecule has 1 aliphatic heterocycles. The third kappa shape index (κ3) is 7.17. The number of aromatic nitrogens is 1. The van der Waals surface area contributed by atoms with Crippen LogP contribution in [0.4, 0.5) is 26.7 Å². The number of benzene rings is 2. The van der Waals surface area contributed by atoms with Gasteiger partial charge in [0.05, 0.1) is 37.6 Å². The molecule has 0 fully saturated rings. The molecular formula is C30H38N6O7. The van der Waals surface area contributed by atoms with Crippen molar-refractivity contribution < 1.29 is 33.5 Å². The molecule has 0 bridgehead atoms. The molecule has 0 aliphatic carbocycles. The Bertz CT molecular complexity index is 1440. The molecule has 0 unspecified atom stereocenters. The standard InChI is InChI=1S/C30H38N6O7/c1-17-14-36(18(2)16-37)28(38)23-8-7-9-24(32-29(39)31-21-10-12-22(41-6)13-11-21)27(23)42-25(17)15-35(5)30(40)33-26-19(3)34-43-20(26)4/h7-13,17-18,25,37H,14-16H2,1-6H3,(H,33,40)(H2,31,32,39)/t17-,18-,25-/m0/s1. The van der Waals surface area contributed by atoms with Crippen molar-refractivity contribution in [3.8, 4) is 11.5 Å². The third-order valence-electron chi connectivity index (χ3n) is 7.35. The van der Waals surface area contributed by atoms with Gasteiger partial charge in [0.2, 0.25) is 0 Å². The fraction of sp³-hybridized carbons (Fsp3) is 0.400. The molecule has 2 aromatic carbocycles. The lowest BCUT2D eigenvalue weighted by atomic mass is 9.99. The van der Waals surface area contributed by atoms with Gasteiger partial charge in [-0.05, 0) is 57.2 Å². The number of ether oxygens (including phenoxy) is 2. The van der Waals surface area contributed by atoms with Crippen LogP contribution >= 0.6 is 0 Å². The molecule has 1 aromatic heterocycles. The molecule has 4 rings (SSSR count). The number of urea groups is 2. The van der Waals surface area contributed by atoms with Crippen LogP contribution in [0.5, 0.6) is 11.5 Å². The topological polar surface area (TPSA) is 158 Å². The monoisotopic (exact) mass is 594 g/mol. The molecule has 3 aromatic rings. The molecular weight excluding hydrogens is 556 g/mol. The second-order valence-corrected chi connectivity index (χ2v) is 10.6. The number of nitrogens with zero attached hydrogens (tertiary/aromatic N) is 3. The molecule has 0 spiro atoms. The maximum Gasteiger partial charge on any atom is 0.323 e. The molecule has 1 aliphatic rings. The van der Waals surface area contributed by atoms with Gasteiger partial charge >= 0.3 is 12.1 Å². The van der Waals surface area contributed by atoms with Gasteiger partial charge in [-0.15, -0.1) is 0 Å². The highest BCUT2D eigenvalue weighted by atomic mass is 16.5. The molecule has 5 amide bonds. The number of hydrogen-bond donors (Lipinski definition) is 4. The molecule has 230 valence electrons. The summed E-state index contributed by atoms with van der Waals surface area (Å²) in [5, 5.41) is 22.2. The zero-order valence-electron chi connectivity index (χ0n) is 25.1. The van der Waals surface area contributed by atoms with Gasteiger partial charge in [0.15, 0.2) is 11.5 Å². The molecule has 2 heterocycles. The largest absolute Gasteiger partial charge is 0.497 e. The average Bonchev–Trinajstić information content (AvgIpc) is 3.31. The van der Waals surface area contributed by atoms with Crippen LogP contribution in [0.25, 0.3) is 0 Å². The van der Waals surface area contributed by atoms with Crippen molar-refractivity contribution in [3.63, 3.8) is 0 Å². The van der Waals surface area contributed by atoms with Gasteiger partial charge in [0, 0.05) is 25.2 Å². The van der Waals surface area contributed by atoms with Gasteiger partial charge < -0.3 is 44.9 Å². The molecule has 3 atom stereocenters. The number of para-hydroxylation sites is 1. The van der Waals surface area contributed by atoms with Crippen molar-refractivity contribution >= 4 is 35.0 Å². The number of anilines is 3. The first-order chi connectivity index (χ1) is 20.5. The van der Waals surface area contributed by atoms with Crippen molar-refractivity contribution in [2.75, 3.05) is 49.8 Å². The van der Waals surface area contributed by atoms with E-state index in [2.05, 4.69) is 21.1 Å². The number of carbonyl (C=O) groups is 3. The van der Waals surface area contributed by atoms with Gasteiger partial charge in [-0.2, -0.15) is 0 Å². The minimum Gasteiger partial charge on any atom is -0.497 e. The highest BCUT2D eigenvalue weighted by molar-refractivity contribution is 6.04. The summed E-state index contributed by atoms with van der Waals surface area (Å²) in [6.45, 7) is 7.30. The summed E-state index contributed by atoms with van der Waals surface area (Å²) in [4.78, 5) is 42.9. The average molecular weight is 595 g/mol. The van der Waals surface area contributed by atoms with Gasteiger partial charge in [0.25, 0.3) is 5.91 Å². The lowest BCUT2D eigenvalue weighted by Crippen LogP contribution is -2.50. The Morgan fingerprint density at radius 2 is 1.88 bits per heavy atom. The molecule has 0 saturated carbocycles. The normalized spacial score (nSPS) is 17.1. The van der Waals surface area contributed by atoms with Crippen LogP contribution in [0.15, 0.2) is 47.0 Å². The number of fused-ring (bicyclic) bond motifs is 1.